The third-order valence-corrected chi connectivity index (χ3v) is 5.68. The first kappa shape index (κ1) is 19.6. The minimum Gasteiger partial charge on any atom is -0.325 e. The van der Waals surface area contributed by atoms with Crippen molar-refractivity contribution in [3.63, 3.8) is 0 Å². The maximum Gasteiger partial charge on any atom is 0.238 e. The Labute approximate surface area is 172 Å². The largest absolute Gasteiger partial charge is 0.325 e. The Morgan fingerprint density at radius 1 is 1.00 bits per heavy atom. The molecule has 1 heterocycles. The van der Waals surface area contributed by atoms with E-state index in [-0.39, 0.29) is 11.9 Å². The minimum absolute atomic E-state index is 0.0705. The molecule has 4 nitrogen and oxygen atoms in total. The molecule has 0 saturated carbocycles. The van der Waals surface area contributed by atoms with Gasteiger partial charge in [0.1, 0.15) is 0 Å². The van der Waals surface area contributed by atoms with E-state index in [2.05, 4.69) is 77.1 Å². The van der Waals surface area contributed by atoms with Gasteiger partial charge in [0.25, 0.3) is 0 Å². The third kappa shape index (κ3) is 5.03. The highest BCUT2D eigenvalue weighted by Crippen LogP contribution is 2.24. The van der Waals surface area contributed by atoms with E-state index < -0.39 is 0 Å². The van der Waals surface area contributed by atoms with Gasteiger partial charge in [-0.2, -0.15) is 0 Å². The Morgan fingerprint density at radius 2 is 1.76 bits per heavy atom. The number of anilines is 1. The highest BCUT2D eigenvalue weighted by Gasteiger charge is 2.15. The number of hydrogen-bond acceptors (Lipinski definition) is 3. The van der Waals surface area contributed by atoms with Gasteiger partial charge in [-0.1, -0.05) is 54.6 Å². The molecule has 0 radical (unpaired) electrons. The monoisotopic (exact) mass is 387 g/mol. The van der Waals surface area contributed by atoms with Crippen molar-refractivity contribution in [2.75, 3.05) is 25.0 Å². The zero-order valence-electron chi connectivity index (χ0n) is 17.0. The summed E-state index contributed by atoms with van der Waals surface area (Å²) in [6.45, 7) is 5.50. The summed E-state index contributed by atoms with van der Waals surface area (Å²) in [5.41, 5.74) is 3.33. The number of nitrogens with one attached hydrogen (secondary N) is 2. The Hall–Kier alpha value is -2.69. The fourth-order valence-electron chi connectivity index (χ4n) is 4.11. The Balaban J connectivity index is 1.37. The molecule has 1 amide bonds. The number of amides is 1. The van der Waals surface area contributed by atoms with Crippen LogP contribution in [0.3, 0.4) is 0 Å². The highest BCUT2D eigenvalue weighted by molar-refractivity contribution is 5.92. The fraction of sp³-hybridized carbons (Fsp3) is 0.320. The zero-order chi connectivity index (χ0) is 20.1. The predicted molar refractivity (Wildman–Crippen MR) is 120 cm³/mol. The second kappa shape index (κ2) is 9.21. The van der Waals surface area contributed by atoms with Crippen LogP contribution in [0.1, 0.15) is 36.9 Å². The maximum absolute atomic E-state index is 12.3. The average Bonchev–Trinajstić information content (AvgIpc) is 3.24. The molecule has 0 aliphatic carbocycles. The molecule has 29 heavy (non-hydrogen) atoms. The van der Waals surface area contributed by atoms with E-state index in [9.17, 15) is 4.79 Å². The molecule has 0 bridgehead atoms. The van der Waals surface area contributed by atoms with E-state index in [4.69, 9.17) is 0 Å². The van der Waals surface area contributed by atoms with Gasteiger partial charge in [-0.25, -0.2) is 0 Å². The van der Waals surface area contributed by atoms with Crippen molar-refractivity contribution >= 4 is 22.4 Å². The quantitative estimate of drug-likeness (QED) is 0.616. The van der Waals surface area contributed by atoms with E-state index in [0.29, 0.717) is 6.54 Å². The predicted octanol–water partition coefficient (Wildman–Crippen LogP) is 4.72. The lowest BCUT2D eigenvalue weighted by Gasteiger charge is -2.17. The van der Waals surface area contributed by atoms with Crippen molar-refractivity contribution in [2.45, 2.75) is 32.4 Å². The smallest absolute Gasteiger partial charge is 0.238 e. The number of carbonyl (C=O) groups is 1. The standard InChI is InChI=1S/C25H29N3O/c1-19(23-13-7-10-21-9-2-3-12-24(21)23)26-17-20-8-6-11-22(16-20)27-25(29)18-28-14-4-5-15-28/h2-3,6-13,16,19,26H,4-5,14-15,17-18H2,1H3,(H,27,29)/t19-/m0/s1. The van der Waals surface area contributed by atoms with Gasteiger partial charge in [0.15, 0.2) is 0 Å². The summed E-state index contributed by atoms with van der Waals surface area (Å²) in [6, 6.07) is 23.3. The Kier molecular flexibility index (Phi) is 6.23. The summed E-state index contributed by atoms with van der Waals surface area (Å²) in [6.07, 6.45) is 2.40. The van der Waals surface area contributed by atoms with E-state index in [1.165, 1.54) is 29.2 Å². The minimum atomic E-state index is 0.0705. The lowest BCUT2D eigenvalue weighted by molar-refractivity contribution is -0.117. The molecule has 4 heteroatoms. The number of likely N-dealkylation sites (tertiary alicyclic amines) is 1. The molecule has 0 unspecified atom stereocenters. The topological polar surface area (TPSA) is 44.4 Å². The highest BCUT2D eigenvalue weighted by atomic mass is 16.2. The zero-order valence-corrected chi connectivity index (χ0v) is 17.0. The molecule has 1 atom stereocenters. The molecule has 3 aromatic rings. The van der Waals surface area contributed by atoms with Gasteiger partial charge >= 0.3 is 0 Å². The second-order valence-corrected chi connectivity index (χ2v) is 7.90. The molecule has 1 aliphatic rings. The summed E-state index contributed by atoms with van der Waals surface area (Å²) in [5, 5.41) is 9.22. The van der Waals surface area contributed by atoms with Gasteiger partial charge in [0.2, 0.25) is 5.91 Å². The van der Waals surface area contributed by atoms with Crippen molar-refractivity contribution in [2.24, 2.45) is 0 Å². The molecule has 1 aliphatic heterocycles. The lowest BCUT2D eigenvalue weighted by Crippen LogP contribution is -2.30. The Morgan fingerprint density at radius 3 is 2.62 bits per heavy atom. The number of rotatable bonds is 7. The van der Waals surface area contributed by atoms with Crippen molar-refractivity contribution in [3.05, 3.63) is 77.9 Å². The third-order valence-electron chi connectivity index (χ3n) is 5.68. The summed E-state index contributed by atoms with van der Waals surface area (Å²) < 4.78 is 0. The summed E-state index contributed by atoms with van der Waals surface area (Å²) in [7, 11) is 0. The van der Waals surface area contributed by atoms with Crippen LogP contribution in [0.15, 0.2) is 66.7 Å². The van der Waals surface area contributed by atoms with Crippen LogP contribution in [0.2, 0.25) is 0 Å². The van der Waals surface area contributed by atoms with Gasteiger partial charge in [0, 0.05) is 18.3 Å². The average molecular weight is 388 g/mol. The van der Waals surface area contributed by atoms with Crippen LogP contribution in [-0.4, -0.2) is 30.4 Å². The molecule has 2 N–H and O–H groups in total. The number of benzene rings is 3. The normalized spacial score (nSPS) is 15.5. The first-order valence-electron chi connectivity index (χ1n) is 10.5. The Bertz CT molecular complexity index is 973. The van der Waals surface area contributed by atoms with Gasteiger partial charge in [0.05, 0.1) is 6.54 Å². The maximum atomic E-state index is 12.3. The summed E-state index contributed by atoms with van der Waals surface area (Å²) in [4.78, 5) is 14.5. The van der Waals surface area contributed by atoms with Crippen LogP contribution in [0, 0.1) is 0 Å². The van der Waals surface area contributed by atoms with Crippen molar-refractivity contribution in [1.29, 1.82) is 0 Å². The molecule has 0 aromatic heterocycles. The van der Waals surface area contributed by atoms with Crippen molar-refractivity contribution < 1.29 is 4.79 Å². The van der Waals surface area contributed by atoms with E-state index >= 15 is 0 Å². The van der Waals surface area contributed by atoms with Crippen LogP contribution in [0.5, 0.6) is 0 Å². The molecule has 3 aromatic carbocycles. The number of hydrogen-bond donors (Lipinski definition) is 2. The van der Waals surface area contributed by atoms with Gasteiger partial charge in [-0.05, 0) is 66.9 Å². The second-order valence-electron chi connectivity index (χ2n) is 7.90. The fourth-order valence-corrected chi connectivity index (χ4v) is 4.11. The molecule has 1 saturated heterocycles. The van der Waals surface area contributed by atoms with Crippen LogP contribution < -0.4 is 10.6 Å². The molecule has 1 fully saturated rings. The molecule has 150 valence electrons. The van der Waals surface area contributed by atoms with Crippen molar-refractivity contribution in [3.8, 4) is 0 Å². The van der Waals surface area contributed by atoms with E-state index in [0.717, 1.165) is 30.9 Å². The molecular weight excluding hydrogens is 358 g/mol. The summed E-state index contributed by atoms with van der Waals surface area (Å²) >= 11 is 0. The van der Waals surface area contributed by atoms with Gasteiger partial charge < -0.3 is 10.6 Å². The first-order chi connectivity index (χ1) is 14.2. The van der Waals surface area contributed by atoms with Crippen LogP contribution in [0.25, 0.3) is 10.8 Å². The van der Waals surface area contributed by atoms with Gasteiger partial charge in [-0.3, -0.25) is 9.69 Å². The molecule has 0 spiro atoms. The first-order valence-corrected chi connectivity index (χ1v) is 10.5. The number of carbonyl (C=O) groups excluding carboxylic acids is 1. The molecular formula is C25H29N3O. The van der Waals surface area contributed by atoms with E-state index in [1.54, 1.807) is 0 Å². The van der Waals surface area contributed by atoms with Gasteiger partial charge in [-0.15, -0.1) is 0 Å². The molecule has 4 rings (SSSR count). The van der Waals surface area contributed by atoms with Crippen LogP contribution >= 0.6 is 0 Å². The number of nitrogens with zero attached hydrogens (tertiary/aromatic N) is 1. The number of fused-ring (bicyclic) bond motifs is 1. The van der Waals surface area contributed by atoms with E-state index in [1.807, 2.05) is 12.1 Å². The van der Waals surface area contributed by atoms with Crippen LogP contribution in [0.4, 0.5) is 5.69 Å². The van der Waals surface area contributed by atoms with Crippen molar-refractivity contribution in [1.82, 2.24) is 10.2 Å². The van der Waals surface area contributed by atoms with Crippen LogP contribution in [-0.2, 0) is 11.3 Å². The SMILES string of the molecule is C[C@H](NCc1cccc(NC(=O)CN2CCCC2)c1)c1cccc2ccccc12. The summed E-state index contributed by atoms with van der Waals surface area (Å²) in [5.74, 6) is 0.0705. The lowest BCUT2D eigenvalue weighted by atomic mass is 9.99.